The molecule has 0 saturated carbocycles. The van der Waals surface area contributed by atoms with Gasteiger partial charge < -0.3 is 21.7 Å². The summed E-state index contributed by atoms with van der Waals surface area (Å²) in [5.74, 6) is 0.956. The molecule has 5 aromatic rings. The van der Waals surface area contributed by atoms with Gasteiger partial charge in [-0.05, 0) is 72.2 Å². The molecule has 0 saturated heterocycles. The van der Waals surface area contributed by atoms with Crippen LogP contribution >= 0.6 is 7.26 Å². The zero-order chi connectivity index (χ0) is 26.0. The van der Waals surface area contributed by atoms with Crippen molar-refractivity contribution in [3.63, 3.8) is 0 Å². The lowest BCUT2D eigenvalue weighted by Crippen LogP contribution is -3.00. The van der Waals surface area contributed by atoms with E-state index in [0.717, 1.165) is 17.7 Å². The summed E-state index contributed by atoms with van der Waals surface area (Å²) in [6.07, 6.45) is 3.23. The Morgan fingerprint density at radius 1 is 0.641 bits per heavy atom. The van der Waals surface area contributed by atoms with Gasteiger partial charge in [0.05, 0.1) is 13.3 Å². The molecule has 3 heteroatoms. The molecular formula is C36H32BrOP. The molecular weight excluding hydrogens is 559 g/mol. The van der Waals surface area contributed by atoms with Crippen LogP contribution in [-0.4, -0.2) is 13.3 Å². The lowest BCUT2D eigenvalue weighted by Gasteiger charge is -2.26. The molecule has 1 aliphatic rings. The summed E-state index contributed by atoms with van der Waals surface area (Å²) < 4.78 is 6.26. The van der Waals surface area contributed by atoms with E-state index in [9.17, 15) is 0 Å². The van der Waals surface area contributed by atoms with Crippen molar-refractivity contribution in [3.05, 3.63) is 144 Å². The quantitative estimate of drug-likeness (QED) is 0.264. The molecule has 0 spiro atoms. The third kappa shape index (κ3) is 5.37. The van der Waals surface area contributed by atoms with E-state index in [4.69, 9.17) is 4.74 Å². The monoisotopic (exact) mass is 590 g/mol. The zero-order valence-corrected chi connectivity index (χ0v) is 24.8. The minimum atomic E-state index is -1.87. The van der Waals surface area contributed by atoms with E-state index in [1.807, 2.05) is 0 Å². The van der Waals surface area contributed by atoms with Gasteiger partial charge in [-0.3, -0.25) is 0 Å². The van der Waals surface area contributed by atoms with E-state index in [2.05, 4.69) is 147 Å². The number of ether oxygens (including phenoxy) is 1. The van der Waals surface area contributed by atoms with Gasteiger partial charge in [0.15, 0.2) is 0 Å². The van der Waals surface area contributed by atoms with Crippen LogP contribution < -0.4 is 37.6 Å². The van der Waals surface area contributed by atoms with Gasteiger partial charge in [-0.15, -0.1) is 0 Å². The molecule has 0 atom stereocenters. The van der Waals surface area contributed by atoms with Gasteiger partial charge in [-0.2, -0.15) is 0 Å². The van der Waals surface area contributed by atoms with Crippen molar-refractivity contribution in [2.75, 3.05) is 13.3 Å². The molecule has 5 aromatic carbocycles. The van der Waals surface area contributed by atoms with Crippen molar-refractivity contribution in [3.8, 4) is 16.9 Å². The van der Waals surface area contributed by atoms with Gasteiger partial charge >= 0.3 is 0 Å². The summed E-state index contributed by atoms with van der Waals surface area (Å²) in [6.45, 7) is 5.26. The molecule has 0 aromatic heterocycles. The maximum absolute atomic E-state index is 6.26. The third-order valence-electron chi connectivity index (χ3n) is 7.63. The first-order chi connectivity index (χ1) is 18.6. The molecule has 1 nitrogen and oxygen atoms in total. The number of halogens is 1. The Kier molecular flexibility index (Phi) is 8.17. The Bertz CT molecular complexity index is 1550. The van der Waals surface area contributed by atoms with E-state index in [-0.39, 0.29) is 17.0 Å². The SMILES string of the molecule is Cc1ccc(-c2ccc3c(c2)C=C(c2ccccc2[P+](C)(c2ccccc2)c2ccccc2)CCO3)cc1.[Br-]. The van der Waals surface area contributed by atoms with Crippen LogP contribution in [0.4, 0.5) is 0 Å². The number of hydrogen-bond acceptors (Lipinski definition) is 1. The maximum Gasteiger partial charge on any atom is 0.126 e. The molecule has 1 heterocycles. The highest BCUT2D eigenvalue weighted by atomic mass is 79.9. The van der Waals surface area contributed by atoms with E-state index in [1.54, 1.807) is 0 Å². The standard InChI is InChI=1S/C36H32OP.BrH/c1-27-17-19-28(20-18-27)29-21-22-35-31(25-29)26-30(23-24-37-35)34-15-9-10-16-36(34)38(2,32-11-5-3-6-12-32)33-13-7-4-8-14-33;/h3-22,25-26H,23-24H2,1-2H3;1H/q+1;/p-1. The van der Waals surface area contributed by atoms with Crippen LogP contribution in [-0.2, 0) is 0 Å². The van der Waals surface area contributed by atoms with Crippen molar-refractivity contribution >= 4 is 34.8 Å². The molecule has 0 fully saturated rings. The van der Waals surface area contributed by atoms with Crippen LogP contribution in [0.25, 0.3) is 22.8 Å². The lowest BCUT2D eigenvalue weighted by atomic mass is 9.97. The van der Waals surface area contributed by atoms with Crippen LogP contribution in [0.1, 0.15) is 23.1 Å². The summed E-state index contributed by atoms with van der Waals surface area (Å²) >= 11 is 0. The Morgan fingerprint density at radius 3 is 1.90 bits per heavy atom. The van der Waals surface area contributed by atoms with Gasteiger partial charge in [-0.25, -0.2) is 0 Å². The number of fused-ring (bicyclic) bond motifs is 1. The van der Waals surface area contributed by atoms with Crippen molar-refractivity contribution < 1.29 is 21.7 Å². The van der Waals surface area contributed by atoms with Crippen molar-refractivity contribution in [1.82, 2.24) is 0 Å². The molecule has 39 heavy (non-hydrogen) atoms. The third-order valence-corrected chi connectivity index (χ3v) is 11.6. The molecule has 0 N–H and O–H groups in total. The van der Waals surface area contributed by atoms with Gasteiger partial charge in [0.25, 0.3) is 0 Å². The van der Waals surface area contributed by atoms with Crippen LogP contribution in [0.5, 0.6) is 5.75 Å². The van der Waals surface area contributed by atoms with Gasteiger partial charge in [0, 0.05) is 17.5 Å². The highest BCUT2D eigenvalue weighted by Crippen LogP contribution is 2.53. The van der Waals surface area contributed by atoms with Crippen molar-refractivity contribution in [2.24, 2.45) is 0 Å². The first-order valence-electron chi connectivity index (χ1n) is 13.2. The van der Waals surface area contributed by atoms with Gasteiger partial charge in [-0.1, -0.05) is 90.5 Å². The fraction of sp³-hybridized carbons (Fsp3) is 0.111. The number of rotatable bonds is 5. The maximum atomic E-state index is 6.26. The van der Waals surface area contributed by atoms with Gasteiger partial charge in [0.2, 0.25) is 0 Å². The van der Waals surface area contributed by atoms with E-state index in [0.29, 0.717) is 6.61 Å². The van der Waals surface area contributed by atoms with Crippen LogP contribution in [0, 0.1) is 6.92 Å². The molecule has 0 radical (unpaired) electrons. The first-order valence-corrected chi connectivity index (χ1v) is 15.5. The Labute approximate surface area is 243 Å². The predicted octanol–water partition coefficient (Wildman–Crippen LogP) is 4.91. The normalized spacial score (nSPS) is 12.8. The van der Waals surface area contributed by atoms with E-state index in [1.165, 1.54) is 43.7 Å². The summed E-state index contributed by atoms with van der Waals surface area (Å²) in [5, 5.41) is 4.21. The summed E-state index contributed by atoms with van der Waals surface area (Å²) in [4.78, 5) is 0. The van der Waals surface area contributed by atoms with Crippen LogP contribution in [0.3, 0.4) is 0 Å². The minimum absolute atomic E-state index is 0. The average Bonchev–Trinajstić information content (AvgIpc) is 3.20. The van der Waals surface area contributed by atoms with E-state index >= 15 is 0 Å². The second-order valence-corrected chi connectivity index (χ2v) is 13.6. The molecule has 1 aliphatic heterocycles. The Morgan fingerprint density at radius 2 is 1.23 bits per heavy atom. The summed E-state index contributed by atoms with van der Waals surface area (Å²) in [7, 11) is -1.87. The Balaban J connectivity index is 0.00000308. The lowest BCUT2D eigenvalue weighted by molar-refractivity contribution is -0.00000783. The zero-order valence-electron chi connectivity index (χ0n) is 22.3. The van der Waals surface area contributed by atoms with Gasteiger partial charge in [0.1, 0.15) is 28.9 Å². The molecule has 194 valence electrons. The molecule has 0 amide bonds. The van der Waals surface area contributed by atoms with E-state index < -0.39 is 7.26 Å². The summed E-state index contributed by atoms with van der Waals surface area (Å²) in [6, 6.07) is 46.4. The van der Waals surface area contributed by atoms with Crippen LogP contribution in [0.15, 0.2) is 127 Å². The highest BCUT2D eigenvalue weighted by Gasteiger charge is 2.42. The fourth-order valence-electron chi connectivity index (χ4n) is 5.48. The second kappa shape index (κ2) is 11.7. The molecule has 6 rings (SSSR count). The topological polar surface area (TPSA) is 9.23 Å². The number of aryl methyl sites for hydroxylation is 1. The average molecular weight is 592 g/mol. The molecule has 0 bridgehead atoms. The number of hydrogen-bond donors (Lipinski definition) is 0. The highest BCUT2D eigenvalue weighted by molar-refractivity contribution is 7.95. The molecule has 0 unspecified atom stereocenters. The Hall–Kier alpha value is -3.45. The van der Waals surface area contributed by atoms with Crippen molar-refractivity contribution in [2.45, 2.75) is 13.3 Å². The van der Waals surface area contributed by atoms with Crippen molar-refractivity contribution in [1.29, 1.82) is 0 Å². The van der Waals surface area contributed by atoms with Crippen LogP contribution in [0.2, 0.25) is 0 Å². The first kappa shape index (κ1) is 27.1. The smallest absolute Gasteiger partial charge is 0.126 e. The minimum Gasteiger partial charge on any atom is -1.00 e. The number of benzene rings is 5. The predicted molar refractivity (Wildman–Crippen MR) is 166 cm³/mol. The fourth-order valence-corrected chi connectivity index (χ4v) is 8.95. The second-order valence-electron chi connectivity index (χ2n) is 10.1. The largest absolute Gasteiger partial charge is 1.00 e. The molecule has 0 aliphatic carbocycles. The summed E-state index contributed by atoms with van der Waals surface area (Å²) in [5.41, 5.74) is 7.51.